The second-order valence-electron chi connectivity index (χ2n) is 5.64. The SMILES string of the molecule is CCCCN(CCCC)N(CC)c1nc(-c2ccccc2)no1.Cl. The number of hydrogen-bond acceptors (Lipinski definition) is 5. The van der Waals surface area contributed by atoms with Gasteiger partial charge in [-0.25, -0.2) is 5.01 Å². The molecule has 2 rings (SSSR count). The smallest absolute Gasteiger partial charge is 0.313 e. The summed E-state index contributed by atoms with van der Waals surface area (Å²) in [5.74, 6) is 0.644. The molecule has 1 aromatic heterocycles. The van der Waals surface area contributed by atoms with Crippen molar-refractivity contribution in [2.45, 2.75) is 46.5 Å². The number of rotatable bonds is 10. The van der Waals surface area contributed by atoms with E-state index < -0.39 is 0 Å². The van der Waals surface area contributed by atoms with E-state index in [0.29, 0.717) is 11.8 Å². The van der Waals surface area contributed by atoms with E-state index in [0.717, 1.165) is 25.2 Å². The second kappa shape index (κ2) is 11.0. The Morgan fingerprint density at radius 1 is 0.958 bits per heavy atom. The van der Waals surface area contributed by atoms with E-state index >= 15 is 0 Å². The van der Waals surface area contributed by atoms with E-state index in [4.69, 9.17) is 4.52 Å². The number of halogens is 1. The zero-order valence-electron chi connectivity index (χ0n) is 14.9. The minimum atomic E-state index is 0. The van der Waals surface area contributed by atoms with Crippen LogP contribution in [0.25, 0.3) is 11.4 Å². The van der Waals surface area contributed by atoms with Crippen molar-refractivity contribution in [1.82, 2.24) is 15.1 Å². The fourth-order valence-electron chi connectivity index (χ4n) is 2.52. The highest BCUT2D eigenvalue weighted by Gasteiger charge is 2.20. The fourth-order valence-corrected chi connectivity index (χ4v) is 2.52. The van der Waals surface area contributed by atoms with Crippen LogP contribution in [0.1, 0.15) is 46.5 Å². The standard InChI is InChI=1S/C18H28N4O.ClH/c1-4-7-14-21(15-8-5-2)22(6-3)18-19-17(20-23-18)16-12-10-9-11-13-16;/h9-13H,4-8,14-15H2,1-3H3;1H. The molecule has 0 aliphatic carbocycles. The van der Waals surface area contributed by atoms with Crippen molar-refractivity contribution in [2.75, 3.05) is 24.6 Å². The van der Waals surface area contributed by atoms with Crippen LogP contribution >= 0.6 is 12.4 Å². The lowest BCUT2D eigenvalue weighted by molar-refractivity contribution is 0.221. The van der Waals surface area contributed by atoms with E-state index in [-0.39, 0.29) is 12.4 Å². The summed E-state index contributed by atoms with van der Waals surface area (Å²) in [4.78, 5) is 4.60. The molecular weight excluding hydrogens is 324 g/mol. The maximum atomic E-state index is 5.54. The Balaban J connectivity index is 0.00000288. The van der Waals surface area contributed by atoms with Crippen molar-refractivity contribution < 1.29 is 4.52 Å². The molecule has 0 saturated heterocycles. The molecule has 0 radical (unpaired) electrons. The zero-order valence-corrected chi connectivity index (χ0v) is 15.8. The molecule has 134 valence electrons. The Labute approximate surface area is 151 Å². The largest absolute Gasteiger partial charge is 0.338 e. The highest BCUT2D eigenvalue weighted by atomic mass is 35.5. The number of unbranched alkanes of at least 4 members (excludes halogenated alkanes) is 2. The minimum absolute atomic E-state index is 0. The molecule has 0 atom stereocenters. The van der Waals surface area contributed by atoms with Crippen LogP contribution < -0.4 is 5.01 Å². The summed E-state index contributed by atoms with van der Waals surface area (Å²) in [7, 11) is 0. The summed E-state index contributed by atoms with van der Waals surface area (Å²) in [6.07, 6.45) is 4.69. The predicted octanol–water partition coefficient (Wildman–Crippen LogP) is 4.80. The van der Waals surface area contributed by atoms with Gasteiger partial charge in [0.2, 0.25) is 5.82 Å². The molecule has 0 aliphatic heterocycles. The van der Waals surface area contributed by atoms with Gasteiger partial charge in [-0.3, -0.25) is 5.01 Å². The van der Waals surface area contributed by atoms with Gasteiger partial charge in [0.15, 0.2) is 0 Å². The fraction of sp³-hybridized carbons (Fsp3) is 0.556. The van der Waals surface area contributed by atoms with Gasteiger partial charge in [0, 0.05) is 25.2 Å². The van der Waals surface area contributed by atoms with E-state index in [1.807, 2.05) is 30.3 Å². The predicted molar refractivity (Wildman–Crippen MR) is 101 cm³/mol. The summed E-state index contributed by atoms with van der Waals surface area (Å²) >= 11 is 0. The normalized spacial score (nSPS) is 10.7. The molecule has 0 amide bonds. The number of nitrogens with zero attached hydrogens (tertiary/aromatic N) is 4. The third kappa shape index (κ3) is 5.49. The topological polar surface area (TPSA) is 45.4 Å². The second-order valence-corrected chi connectivity index (χ2v) is 5.64. The first-order valence-electron chi connectivity index (χ1n) is 8.71. The van der Waals surface area contributed by atoms with E-state index in [9.17, 15) is 0 Å². The molecule has 0 unspecified atom stereocenters. The van der Waals surface area contributed by atoms with Crippen molar-refractivity contribution in [1.29, 1.82) is 0 Å². The highest BCUT2D eigenvalue weighted by molar-refractivity contribution is 5.85. The first-order valence-corrected chi connectivity index (χ1v) is 8.71. The maximum Gasteiger partial charge on any atom is 0.338 e. The minimum Gasteiger partial charge on any atom is -0.313 e. The van der Waals surface area contributed by atoms with Crippen LogP contribution in [0.5, 0.6) is 0 Å². The maximum absolute atomic E-state index is 5.54. The zero-order chi connectivity index (χ0) is 16.5. The van der Waals surface area contributed by atoms with Crippen molar-refractivity contribution in [3.63, 3.8) is 0 Å². The molecule has 0 saturated carbocycles. The van der Waals surface area contributed by atoms with Gasteiger partial charge in [0.05, 0.1) is 0 Å². The molecule has 0 spiro atoms. The monoisotopic (exact) mass is 352 g/mol. The van der Waals surface area contributed by atoms with Gasteiger partial charge < -0.3 is 4.52 Å². The van der Waals surface area contributed by atoms with E-state index in [1.165, 1.54) is 25.7 Å². The van der Waals surface area contributed by atoms with Crippen LogP contribution in [0.3, 0.4) is 0 Å². The first kappa shape index (κ1) is 20.5. The molecular formula is C18H29ClN4O. The van der Waals surface area contributed by atoms with Crippen LogP contribution in [0.15, 0.2) is 34.9 Å². The average molecular weight is 353 g/mol. The highest BCUT2D eigenvalue weighted by Crippen LogP contribution is 2.21. The molecule has 6 heteroatoms. The number of anilines is 1. The Morgan fingerprint density at radius 2 is 1.58 bits per heavy atom. The number of hydrogen-bond donors (Lipinski definition) is 0. The first-order chi connectivity index (χ1) is 11.3. The molecule has 0 N–H and O–H groups in total. The molecule has 5 nitrogen and oxygen atoms in total. The summed E-state index contributed by atoms with van der Waals surface area (Å²) in [5, 5.41) is 8.60. The van der Waals surface area contributed by atoms with Gasteiger partial charge in [-0.15, -0.1) is 12.4 Å². The lowest BCUT2D eigenvalue weighted by Gasteiger charge is -2.32. The van der Waals surface area contributed by atoms with Gasteiger partial charge in [-0.2, -0.15) is 4.98 Å². The van der Waals surface area contributed by atoms with Crippen molar-refractivity contribution in [3.8, 4) is 11.4 Å². The van der Waals surface area contributed by atoms with E-state index in [2.05, 4.69) is 40.9 Å². The molecule has 0 fully saturated rings. The third-order valence-electron chi connectivity index (χ3n) is 3.85. The van der Waals surface area contributed by atoms with Gasteiger partial charge in [0.25, 0.3) is 0 Å². The average Bonchev–Trinajstić information content (AvgIpc) is 3.08. The molecule has 1 aromatic carbocycles. The van der Waals surface area contributed by atoms with Crippen LogP contribution in [0.2, 0.25) is 0 Å². The summed E-state index contributed by atoms with van der Waals surface area (Å²) in [5.41, 5.74) is 0.979. The lowest BCUT2D eigenvalue weighted by atomic mass is 10.2. The molecule has 1 heterocycles. The van der Waals surface area contributed by atoms with Crippen LogP contribution in [-0.2, 0) is 0 Å². The number of benzene rings is 1. The quantitative estimate of drug-likeness (QED) is 0.574. The Kier molecular flexibility index (Phi) is 9.42. The molecule has 24 heavy (non-hydrogen) atoms. The summed E-state index contributed by atoms with van der Waals surface area (Å²) < 4.78 is 5.54. The van der Waals surface area contributed by atoms with Crippen LogP contribution in [0, 0.1) is 0 Å². The van der Waals surface area contributed by atoms with Crippen molar-refractivity contribution >= 4 is 18.4 Å². The van der Waals surface area contributed by atoms with Gasteiger partial charge in [-0.05, 0) is 19.8 Å². The number of hydrazine groups is 1. The van der Waals surface area contributed by atoms with Gasteiger partial charge in [0.1, 0.15) is 0 Å². The van der Waals surface area contributed by atoms with Crippen LogP contribution in [0.4, 0.5) is 6.01 Å². The van der Waals surface area contributed by atoms with Crippen LogP contribution in [-0.4, -0.2) is 34.8 Å². The summed E-state index contributed by atoms with van der Waals surface area (Å²) in [6.45, 7) is 9.42. The molecule has 2 aromatic rings. The summed E-state index contributed by atoms with van der Waals surface area (Å²) in [6, 6.07) is 10.5. The molecule has 0 bridgehead atoms. The lowest BCUT2D eigenvalue weighted by Crippen LogP contribution is -2.44. The Hall–Kier alpha value is -1.59. The Bertz CT molecular complexity index is 553. The number of aromatic nitrogens is 2. The van der Waals surface area contributed by atoms with E-state index in [1.54, 1.807) is 0 Å². The Morgan fingerprint density at radius 3 is 2.12 bits per heavy atom. The molecule has 0 aliphatic rings. The van der Waals surface area contributed by atoms with Crippen molar-refractivity contribution in [2.24, 2.45) is 0 Å². The van der Waals surface area contributed by atoms with Gasteiger partial charge >= 0.3 is 6.01 Å². The van der Waals surface area contributed by atoms with Crippen molar-refractivity contribution in [3.05, 3.63) is 30.3 Å². The third-order valence-corrected chi connectivity index (χ3v) is 3.85. The van der Waals surface area contributed by atoms with Gasteiger partial charge in [-0.1, -0.05) is 62.2 Å².